The Balaban J connectivity index is 1.37. The number of rotatable bonds is 9. The van der Waals surface area contributed by atoms with Crippen molar-refractivity contribution in [1.82, 2.24) is 20.1 Å². The zero-order chi connectivity index (χ0) is 24.8. The number of nitrogens with one attached hydrogen (secondary N) is 2. The Morgan fingerprint density at radius 3 is 2.49 bits per heavy atom. The molecule has 4 rings (SSSR count). The molecule has 4 aromatic rings. The SMILES string of the molecule is CCn1c(SCC(=O)Nc2ccc3ccccc3c2)nnc1C(C)NC(=O)c1ccc(OC)cc1. The van der Waals surface area contributed by atoms with Gasteiger partial charge in [-0.15, -0.1) is 10.2 Å². The second-order valence-corrected chi connectivity index (χ2v) is 8.85. The normalized spacial score (nSPS) is 11.7. The average Bonchev–Trinajstić information content (AvgIpc) is 3.30. The summed E-state index contributed by atoms with van der Waals surface area (Å²) in [6.07, 6.45) is 0. The van der Waals surface area contributed by atoms with Gasteiger partial charge in [0.25, 0.3) is 5.91 Å². The van der Waals surface area contributed by atoms with Crippen LogP contribution in [0.3, 0.4) is 0 Å². The van der Waals surface area contributed by atoms with Crippen LogP contribution in [0.2, 0.25) is 0 Å². The van der Waals surface area contributed by atoms with Gasteiger partial charge in [-0.1, -0.05) is 42.1 Å². The monoisotopic (exact) mass is 489 g/mol. The standard InChI is InChI=1S/C26H27N5O3S/c1-4-31-24(17(2)27-25(33)19-10-13-22(34-3)14-11-19)29-30-26(31)35-16-23(32)28-21-12-9-18-7-5-6-8-20(18)15-21/h5-15,17H,4,16H2,1-3H3,(H,27,33)(H,28,32). The van der Waals surface area contributed by atoms with Crippen molar-refractivity contribution in [2.24, 2.45) is 0 Å². The van der Waals surface area contributed by atoms with Crippen LogP contribution in [0.5, 0.6) is 5.75 Å². The van der Waals surface area contributed by atoms with E-state index in [2.05, 4.69) is 20.8 Å². The largest absolute Gasteiger partial charge is 0.497 e. The quantitative estimate of drug-likeness (QED) is 0.331. The van der Waals surface area contributed by atoms with Crippen molar-refractivity contribution in [2.75, 3.05) is 18.2 Å². The van der Waals surface area contributed by atoms with E-state index in [1.54, 1.807) is 31.4 Å². The summed E-state index contributed by atoms with van der Waals surface area (Å²) < 4.78 is 7.05. The highest BCUT2D eigenvalue weighted by molar-refractivity contribution is 7.99. The summed E-state index contributed by atoms with van der Waals surface area (Å²) in [4.78, 5) is 25.2. The van der Waals surface area contributed by atoms with Crippen LogP contribution in [0.1, 0.15) is 36.1 Å². The number of hydrogen-bond acceptors (Lipinski definition) is 6. The topological polar surface area (TPSA) is 98.1 Å². The van der Waals surface area contributed by atoms with Crippen LogP contribution in [0.25, 0.3) is 10.8 Å². The molecular weight excluding hydrogens is 462 g/mol. The number of amides is 2. The first-order valence-corrected chi connectivity index (χ1v) is 12.3. The zero-order valence-corrected chi connectivity index (χ0v) is 20.6. The van der Waals surface area contributed by atoms with Crippen molar-refractivity contribution in [2.45, 2.75) is 31.6 Å². The molecule has 2 amide bonds. The highest BCUT2D eigenvalue weighted by Gasteiger charge is 2.20. The Labute approximate surface area is 208 Å². The number of hydrogen-bond donors (Lipinski definition) is 2. The Hall–Kier alpha value is -3.85. The number of anilines is 1. The van der Waals surface area contributed by atoms with E-state index in [4.69, 9.17) is 4.74 Å². The van der Waals surface area contributed by atoms with Gasteiger partial charge in [-0.25, -0.2) is 0 Å². The first-order valence-electron chi connectivity index (χ1n) is 11.3. The van der Waals surface area contributed by atoms with Crippen molar-refractivity contribution in [1.29, 1.82) is 0 Å². The van der Waals surface area contributed by atoms with Gasteiger partial charge in [-0.05, 0) is 61.0 Å². The lowest BCUT2D eigenvalue weighted by atomic mass is 10.1. The molecule has 0 saturated carbocycles. The van der Waals surface area contributed by atoms with Gasteiger partial charge in [0.05, 0.1) is 18.9 Å². The third-order valence-corrected chi connectivity index (χ3v) is 6.48. The number of methoxy groups -OCH3 is 1. The van der Waals surface area contributed by atoms with E-state index in [0.717, 1.165) is 16.5 Å². The maximum Gasteiger partial charge on any atom is 0.251 e. The predicted octanol–water partition coefficient (Wildman–Crippen LogP) is 4.68. The maximum atomic E-state index is 12.6. The first-order chi connectivity index (χ1) is 17.0. The number of thioether (sulfide) groups is 1. The molecule has 9 heteroatoms. The van der Waals surface area contributed by atoms with Gasteiger partial charge in [-0.2, -0.15) is 0 Å². The van der Waals surface area contributed by atoms with Gasteiger partial charge in [0, 0.05) is 17.8 Å². The number of nitrogens with zero attached hydrogens (tertiary/aromatic N) is 3. The molecule has 0 radical (unpaired) electrons. The Kier molecular flexibility index (Phi) is 7.67. The second-order valence-electron chi connectivity index (χ2n) is 7.91. The van der Waals surface area contributed by atoms with E-state index < -0.39 is 0 Å². The van der Waals surface area contributed by atoms with Crippen LogP contribution in [-0.2, 0) is 11.3 Å². The fraction of sp³-hybridized carbons (Fsp3) is 0.231. The lowest BCUT2D eigenvalue weighted by molar-refractivity contribution is -0.113. The number of ether oxygens (including phenoxy) is 1. The van der Waals surface area contributed by atoms with Crippen molar-refractivity contribution in [3.63, 3.8) is 0 Å². The van der Waals surface area contributed by atoms with Crippen LogP contribution in [0, 0.1) is 0 Å². The smallest absolute Gasteiger partial charge is 0.251 e. The lowest BCUT2D eigenvalue weighted by Crippen LogP contribution is -2.28. The van der Waals surface area contributed by atoms with Crippen LogP contribution in [0.15, 0.2) is 71.9 Å². The molecule has 0 spiro atoms. The van der Waals surface area contributed by atoms with Gasteiger partial charge in [0.15, 0.2) is 11.0 Å². The molecule has 0 saturated heterocycles. The summed E-state index contributed by atoms with van der Waals surface area (Å²) in [5.74, 6) is 1.17. The predicted molar refractivity (Wildman–Crippen MR) is 138 cm³/mol. The van der Waals surface area contributed by atoms with Gasteiger partial charge in [0.1, 0.15) is 5.75 Å². The first kappa shape index (κ1) is 24.3. The fourth-order valence-corrected chi connectivity index (χ4v) is 4.51. The van der Waals surface area contributed by atoms with Crippen LogP contribution < -0.4 is 15.4 Å². The van der Waals surface area contributed by atoms with Gasteiger partial charge in [-0.3, -0.25) is 9.59 Å². The molecule has 0 bridgehead atoms. The summed E-state index contributed by atoms with van der Waals surface area (Å²) in [6, 6.07) is 20.4. The maximum absolute atomic E-state index is 12.6. The molecular formula is C26H27N5O3S. The molecule has 0 aliphatic carbocycles. The van der Waals surface area contributed by atoms with E-state index in [9.17, 15) is 9.59 Å². The summed E-state index contributed by atoms with van der Waals surface area (Å²) >= 11 is 1.31. The molecule has 1 heterocycles. The van der Waals surface area contributed by atoms with Gasteiger partial charge < -0.3 is 19.9 Å². The molecule has 35 heavy (non-hydrogen) atoms. The van der Waals surface area contributed by atoms with Crippen LogP contribution >= 0.6 is 11.8 Å². The highest BCUT2D eigenvalue weighted by Crippen LogP contribution is 2.23. The minimum Gasteiger partial charge on any atom is -0.497 e. The van der Waals surface area contributed by atoms with E-state index in [0.29, 0.717) is 28.8 Å². The van der Waals surface area contributed by atoms with Crippen molar-refractivity contribution in [3.05, 3.63) is 78.1 Å². The number of fused-ring (bicyclic) bond motifs is 1. The van der Waals surface area contributed by atoms with E-state index >= 15 is 0 Å². The van der Waals surface area contributed by atoms with E-state index in [1.165, 1.54) is 11.8 Å². The number of carbonyl (C=O) groups excluding carboxylic acids is 2. The molecule has 3 aromatic carbocycles. The van der Waals surface area contributed by atoms with Crippen molar-refractivity contribution in [3.8, 4) is 5.75 Å². The minimum atomic E-state index is -0.363. The highest BCUT2D eigenvalue weighted by atomic mass is 32.2. The van der Waals surface area contributed by atoms with E-state index in [-0.39, 0.29) is 23.6 Å². The van der Waals surface area contributed by atoms with Gasteiger partial charge >= 0.3 is 0 Å². The Bertz CT molecular complexity index is 1340. The van der Waals surface area contributed by atoms with Crippen molar-refractivity contribution >= 4 is 40.0 Å². The molecule has 180 valence electrons. The molecule has 1 atom stereocenters. The summed E-state index contributed by atoms with van der Waals surface area (Å²) in [6.45, 7) is 4.45. The second kappa shape index (κ2) is 11.1. The lowest BCUT2D eigenvalue weighted by Gasteiger charge is -2.15. The molecule has 0 aliphatic heterocycles. The third-order valence-electron chi connectivity index (χ3n) is 5.51. The number of benzene rings is 3. The molecule has 1 aromatic heterocycles. The van der Waals surface area contributed by atoms with Crippen LogP contribution in [-0.4, -0.2) is 39.4 Å². The summed E-state index contributed by atoms with van der Waals surface area (Å²) in [7, 11) is 1.58. The average molecular weight is 490 g/mol. The summed E-state index contributed by atoms with van der Waals surface area (Å²) in [5.41, 5.74) is 1.28. The molecule has 2 N–H and O–H groups in total. The molecule has 0 aliphatic rings. The number of aromatic nitrogens is 3. The zero-order valence-electron chi connectivity index (χ0n) is 19.8. The molecule has 0 fully saturated rings. The van der Waals surface area contributed by atoms with E-state index in [1.807, 2.05) is 60.9 Å². The Morgan fingerprint density at radius 2 is 1.77 bits per heavy atom. The van der Waals surface area contributed by atoms with Crippen LogP contribution in [0.4, 0.5) is 5.69 Å². The summed E-state index contributed by atoms with van der Waals surface area (Å²) in [5, 5.41) is 17.3. The van der Waals surface area contributed by atoms with Crippen molar-refractivity contribution < 1.29 is 14.3 Å². The molecule has 8 nitrogen and oxygen atoms in total. The third kappa shape index (κ3) is 5.81. The van der Waals surface area contributed by atoms with Gasteiger partial charge in [0.2, 0.25) is 5.91 Å². The Morgan fingerprint density at radius 1 is 1.03 bits per heavy atom. The minimum absolute atomic E-state index is 0.127. The fourth-order valence-electron chi connectivity index (χ4n) is 3.71. The molecule has 1 unspecified atom stereocenters. The number of carbonyl (C=O) groups is 2.